The smallest absolute Gasteiger partial charge is 0.299 e. The molecule has 25 heavy (non-hydrogen) atoms. The second-order valence-electron chi connectivity index (χ2n) is 5.20. The van der Waals surface area contributed by atoms with Crippen molar-refractivity contribution in [3.05, 3.63) is 47.0 Å². The molecule has 0 radical (unpaired) electrons. The molecule has 3 rings (SSSR count). The third-order valence-corrected chi connectivity index (χ3v) is 4.44. The van der Waals surface area contributed by atoms with Gasteiger partial charge in [-0.05, 0) is 26.0 Å². The Balaban J connectivity index is 2.10. The fraction of sp³-hybridized carbons (Fsp3) is 0.143. The number of benzene rings is 1. The van der Waals surface area contributed by atoms with Crippen LogP contribution in [0.25, 0.3) is 5.78 Å². The van der Waals surface area contributed by atoms with Crippen LogP contribution in [0.2, 0.25) is 0 Å². The van der Waals surface area contributed by atoms with E-state index in [0.717, 1.165) is 18.2 Å². The Morgan fingerprint density at radius 3 is 2.68 bits per heavy atom. The number of aryl methyl sites for hydroxylation is 2. The number of carboxylic acids is 1. The molecule has 0 saturated heterocycles. The fourth-order valence-electron chi connectivity index (χ4n) is 2.24. The van der Waals surface area contributed by atoms with Crippen LogP contribution in [0.1, 0.15) is 21.7 Å². The minimum absolute atomic E-state index is 0.0477. The van der Waals surface area contributed by atoms with Crippen LogP contribution < -0.4 is 9.83 Å². The number of carbonyl (C=O) groups excluding carboxylic acids is 1. The quantitative estimate of drug-likeness (QED) is 0.692. The van der Waals surface area contributed by atoms with E-state index in [4.69, 9.17) is 0 Å². The molecule has 11 heteroatoms. The van der Waals surface area contributed by atoms with Gasteiger partial charge in [-0.2, -0.15) is 13.4 Å². The minimum atomic E-state index is -4.45. The number of anilines is 1. The molecule has 0 unspecified atom stereocenters. The Hall–Kier alpha value is -3.08. The Labute approximate surface area is 141 Å². The second kappa shape index (κ2) is 5.77. The van der Waals surface area contributed by atoms with Gasteiger partial charge in [0.15, 0.2) is 0 Å². The molecule has 0 saturated carbocycles. The van der Waals surface area contributed by atoms with Crippen LogP contribution in [0.5, 0.6) is 0 Å². The first-order chi connectivity index (χ1) is 11.7. The normalized spacial score (nSPS) is 11.6. The predicted octanol–water partition coefficient (Wildman–Crippen LogP) is 0.0445. The van der Waals surface area contributed by atoms with Crippen molar-refractivity contribution in [2.24, 2.45) is 0 Å². The number of hydrogen-bond acceptors (Lipinski definition) is 7. The Morgan fingerprint density at radius 1 is 1.28 bits per heavy atom. The van der Waals surface area contributed by atoms with E-state index in [1.807, 2.05) is 4.72 Å². The molecule has 0 fully saturated rings. The maximum Gasteiger partial charge on any atom is 0.299 e. The summed E-state index contributed by atoms with van der Waals surface area (Å²) >= 11 is 0. The van der Waals surface area contributed by atoms with Crippen LogP contribution in [-0.2, 0) is 10.0 Å². The lowest BCUT2D eigenvalue weighted by Crippen LogP contribution is -2.26. The van der Waals surface area contributed by atoms with Gasteiger partial charge in [0.05, 0.1) is 11.7 Å². The van der Waals surface area contributed by atoms with Gasteiger partial charge >= 0.3 is 0 Å². The lowest BCUT2D eigenvalue weighted by atomic mass is 10.2. The van der Waals surface area contributed by atoms with E-state index in [-0.39, 0.29) is 5.78 Å². The summed E-state index contributed by atoms with van der Waals surface area (Å²) in [7, 11) is -4.45. The summed E-state index contributed by atoms with van der Waals surface area (Å²) in [6.45, 7) is 3.39. The highest BCUT2D eigenvalue weighted by atomic mass is 32.2. The van der Waals surface area contributed by atoms with Crippen LogP contribution in [0, 0.1) is 19.7 Å². The molecule has 2 heterocycles. The summed E-state index contributed by atoms with van der Waals surface area (Å²) in [6, 6.07) is 4.73. The van der Waals surface area contributed by atoms with E-state index >= 15 is 0 Å². The molecule has 0 amide bonds. The number of para-hydroxylation sites is 1. The third-order valence-electron chi connectivity index (χ3n) is 3.31. The molecule has 0 atom stereocenters. The van der Waals surface area contributed by atoms with E-state index in [1.165, 1.54) is 4.52 Å². The first kappa shape index (κ1) is 16.8. The van der Waals surface area contributed by atoms with Crippen molar-refractivity contribution in [2.45, 2.75) is 19.0 Å². The maximum atomic E-state index is 13.9. The average Bonchev–Trinajstić information content (AvgIpc) is 2.94. The third kappa shape index (κ3) is 3.01. The average molecular weight is 364 g/mol. The highest BCUT2D eigenvalue weighted by Gasteiger charge is 2.24. The number of carbonyl (C=O) groups is 1. The van der Waals surface area contributed by atoms with Crippen molar-refractivity contribution in [2.75, 3.05) is 4.72 Å². The van der Waals surface area contributed by atoms with E-state index in [0.29, 0.717) is 11.4 Å². The minimum Gasteiger partial charge on any atom is -0.545 e. The van der Waals surface area contributed by atoms with Crippen molar-refractivity contribution in [3.63, 3.8) is 0 Å². The van der Waals surface area contributed by atoms with Gasteiger partial charge in [-0.25, -0.2) is 13.9 Å². The van der Waals surface area contributed by atoms with Crippen molar-refractivity contribution < 1.29 is 22.7 Å². The van der Waals surface area contributed by atoms with Crippen LogP contribution in [0.15, 0.2) is 29.4 Å². The zero-order valence-corrected chi connectivity index (χ0v) is 13.8. The summed E-state index contributed by atoms with van der Waals surface area (Å²) in [5.41, 5.74) is -0.180. The largest absolute Gasteiger partial charge is 0.545 e. The number of aromatic nitrogens is 4. The van der Waals surface area contributed by atoms with Crippen molar-refractivity contribution >= 4 is 27.5 Å². The van der Waals surface area contributed by atoms with Gasteiger partial charge in [-0.15, -0.1) is 5.10 Å². The summed E-state index contributed by atoms with van der Waals surface area (Å²) in [5.74, 6) is -2.75. The zero-order valence-electron chi connectivity index (χ0n) is 13.0. The first-order valence-corrected chi connectivity index (χ1v) is 8.41. The van der Waals surface area contributed by atoms with Gasteiger partial charge in [0.2, 0.25) is 0 Å². The molecule has 1 aromatic carbocycles. The number of aromatic carboxylic acids is 1. The summed E-state index contributed by atoms with van der Waals surface area (Å²) in [6.07, 6.45) is 0. The number of hydrogen-bond donors (Lipinski definition) is 1. The number of sulfonamides is 1. The molecule has 130 valence electrons. The van der Waals surface area contributed by atoms with E-state index in [1.54, 1.807) is 19.9 Å². The summed E-state index contributed by atoms with van der Waals surface area (Å²) in [4.78, 5) is 18.9. The van der Waals surface area contributed by atoms with E-state index in [2.05, 4.69) is 15.1 Å². The van der Waals surface area contributed by atoms with Crippen molar-refractivity contribution in [1.82, 2.24) is 19.6 Å². The number of nitrogens with one attached hydrogen (secondary N) is 1. The van der Waals surface area contributed by atoms with Crippen molar-refractivity contribution in [3.8, 4) is 0 Å². The summed E-state index contributed by atoms with van der Waals surface area (Å²) < 4.78 is 41.8. The van der Waals surface area contributed by atoms with Crippen molar-refractivity contribution in [1.29, 1.82) is 0 Å². The highest BCUT2D eigenvalue weighted by Crippen LogP contribution is 2.22. The molecule has 0 aliphatic rings. The molecular formula is C14H11FN5O4S-. The molecule has 0 bridgehead atoms. The standard InChI is InChI=1S/C14H12FN5O4S/c1-7-6-8(2)20-13(16-7)17-14(18-20)25(23,24)19-11-9(12(21)22)4-3-5-10(11)15/h3-6,19H,1-2H3,(H,21,22)/p-1. The van der Waals surface area contributed by atoms with E-state index < -0.39 is 38.2 Å². The Morgan fingerprint density at radius 2 is 2.00 bits per heavy atom. The van der Waals surface area contributed by atoms with Gasteiger partial charge in [0.25, 0.3) is 21.0 Å². The van der Waals surface area contributed by atoms with Crippen LogP contribution in [0.4, 0.5) is 10.1 Å². The van der Waals surface area contributed by atoms with Gasteiger partial charge in [0.1, 0.15) is 5.82 Å². The van der Waals surface area contributed by atoms with Gasteiger partial charge in [-0.1, -0.05) is 12.1 Å². The highest BCUT2D eigenvalue weighted by molar-refractivity contribution is 7.92. The molecule has 2 aromatic heterocycles. The SMILES string of the molecule is Cc1cc(C)n2nc(S(=O)(=O)Nc3c(F)cccc3C(=O)[O-])nc2n1. The second-order valence-corrected chi connectivity index (χ2v) is 6.78. The molecule has 3 aromatic rings. The number of fused-ring (bicyclic) bond motifs is 1. The van der Waals surface area contributed by atoms with Crippen LogP contribution >= 0.6 is 0 Å². The van der Waals surface area contributed by atoms with E-state index in [9.17, 15) is 22.7 Å². The number of rotatable bonds is 4. The Kier molecular flexibility index (Phi) is 3.87. The lowest BCUT2D eigenvalue weighted by molar-refractivity contribution is -0.254. The molecule has 0 spiro atoms. The topological polar surface area (TPSA) is 129 Å². The molecule has 1 N–H and O–H groups in total. The molecular weight excluding hydrogens is 353 g/mol. The Bertz CT molecular complexity index is 1110. The molecule has 0 aliphatic carbocycles. The monoisotopic (exact) mass is 364 g/mol. The van der Waals surface area contributed by atoms with Gasteiger partial charge < -0.3 is 9.90 Å². The predicted molar refractivity (Wildman–Crippen MR) is 81.8 cm³/mol. The summed E-state index contributed by atoms with van der Waals surface area (Å²) in [5, 5.41) is 14.2. The zero-order chi connectivity index (χ0) is 18.4. The number of carboxylic acid groups (broad SMARTS) is 1. The molecule has 0 aliphatic heterocycles. The van der Waals surface area contributed by atoms with Gasteiger partial charge in [-0.3, -0.25) is 4.72 Å². The number of halogens is 1. The fourth-order valence-corrected chi connectivity index (χ4v) is 3.20. The maximum absolute atomic E-state index is 13.9. The molecule has 9 nitrogen and oxygen atoms in total. The lowest BCUT2D eigenvalue weighted by Gasteiger charge is -2.12. The van der Waals surface area contributed by atoms with Crippen LogP contribution in [0.3, 0.4) is 0 Å². The number of nitrogens with zero attached hydrogens (tertiary/aromatic N) is 4. The van der Waals surface area contributed by atoms with Gasteiger partial charge in [0, 0.05) is 17.0 Å². The first-order valence-electron chi connectivity index (χ1n) is 6.93. The van der Waals surface area contributed by atoms with Crippen LogP contribution in [-0.4, -0.2) is 34.0 Å².